The predicted octanol–water partition coefficient (Wildman–Crippen LogP) is 4.43. The lowest BCUT2D eigenvalue weighted by Gasteiger charge is -2.09. The van der Waals surface area contributed by atoms with Gasteiger partial charge in [-0.15, -0.1) is 0 Å². The van der Waals surface area contributed by atoms with Gasteiger partial charge in [0, 0.05) is 19.9 Å². The molecule has 0 amide bonds. The lowest BCUT2D eigenvalue weighted by atomic mass is 10.3. The van der Waals surface area contributed by atoms with E-state index in [1.165, 1.54) is 0 Å². The van der Waals surface area contributed by atoms with Gasteiger partial charge in [-0.3, -0.25) is 0 Å². The molecule has 3 N–H and O–H groups in total. The molecular formula is C11H8BrClIN3. The quantitative estimate of drug-likeness (QED) is 0.702. The van der Waals surface area contributed by atoms with Gasteiger partial charge in [0.1, 0.15) is 0 Å². The lowest BCUT2D eigenvalue weighted by molar-refractivity contribution is 1.31. The first-order valence-corrected chi connectivity index (χ1v) is 6.94. The molecule has 6 heteroatoms. The van der Waals surface area contributed by atoms with Crippen LogP contribution in [0.2, 0.25) is 5.02 Å². The van der Waals surface area contributed by atoms with Crippen LogP contribution in [0.15, 0.2) is 34.9 Å². The standard InChI is InChI=1S/C11H8BrClIN3/c12-8-4-7(1-2-9(8)14)17-11-10(15)3-6(13)5-16-11/h1-5H,15H2,(H,16,17). The van der Waals surface area contributed by atoms with Crippen molar-refractivity contribution in [2.75, 3.05) is 11.1 Å². The van der Waals surface area contributed by atoms with E-state index in [0.29, 0.717) is 16.5 Å². The molecule has 2 rings (SSSR count). The van der Waals surface area contributed by atoms with Gasteiger partial charge >= 0.3 is 0 Å². The molecule has 0 fully saturated rings. The molecule has 0 radical (unpaired) electrons. The molecule has 2 aromatic rings. The molecule has 0 saturated heterocycles. The molecule has 0 bridgehead atoms. The Hall–Kier alpha value is -0.530. The van der Waals surface area contributed by atoms with Gasteiger partial charge in [-0.05, 0) is 62.8 Å². The second-order valence-corrected chi connectivity index (χ2v) is 5.80. The second kappa shape index (κ2) is 5.41. The Morgan fingerprint density at radius 1 is 1.35 bits per heavy atom. The van der Waals surface area contributed by atoms with Gasteiger partial charge in [-0.25, -0.2) is 4.98 Å². The summed E-state index contributed by atoms with van der Waals surface area (Å²) in [5.74, 6) is 0.600. The average molecular weight is 424 g/mol. The third kappa shape index (κ3) is 3.23. The number of nitrogens with one attached hydrogen (secondary N) is 1. The van der Waals surface area contributed by atoms with E-state index in [2.05, 4.69) is 48.8 Å². The Bertz CT molecular complexity index is 562. The summed E-state index contributed by atoms with van der Waals surface area (Å²) in [7, 11) is 0. The lowest BCUT2D eigenvalue weighted by Crippen LogP contribution is -1.99. The third-order valence-corrected chi connectivity index (χ3v) is 4.61. The van der Waals surface area contributed by atoms with Gasteiger partial charge in [0.2, 0.25) is 0 Å². The normalized spacial score (nSPS) is 10.3. The molecule has 0 aliphatic rings. The maximum atomic E-state index is 5.81. The topological polar surface area (TPSA) is 50.9 Å². The van der Waals surface area contributed by atoms with Crippen LogP contribution in [0.5, 0.6) is 0 Å². The minimum atomic E-state index is 0.521. The van der Waals surface area contributed by atoms with Crippen molar-refractivity contribution in [2.24, 2.45) is 0 Å². The molecule has 1 aromatic carbocycles. The highest BCUT2D eigenvalue weighted by atomic mass is 127. The zero-order valence-electron chi connectivity index (χ0n) is 8.55. The fourth-order valence-electron chi connectivity index (χ4n) is 1.27. The molecule has 3 nitrogen and oxygen atoms in total. The minimum Gasteiger partial charge on any atom is -0.396 e. The monoisotopic (exact) mass is 423 g/mol. The molecule has 0 unspecified atom stereocenters. The molecule has 88 valence electrons. The van der Waals surface area contributed by atoms with Crippen molar-refractivity contribution in [2.45, 2.75) is 0 Å². The van der Waals surface area contributed by atoms with Gasteiger partial charge in [0.15, 0.2) is 5.82 Å². The van der Waals surface area contributed by atoms with Crippen molar-refractivity contribution in [1.82, 2.24) is 4.98 Å². The fraction of sp³-hybridized carbons (Fsp3) is 0. The molecule has 1 heterocycles. The summed E-state index contributed by atoms with van der Waals surface area (Å²) < 4.78 is 2.17. The number of nitrogens with zero attached hydrogens (tertiary/aromatic N) is 1. The van der Waals surface area contributed by atoms with Crippen molar-refractivity contribution >= 4 is 67.3 Å². The number of anilines is 3. The molecule has 0 aliphatic carbocycles. The summed E-state index contributed by atoms with van der Waals surface area (Å²) >= 11 is 11.5. The Balaban J connectivity index is 2.28. The SMILES string of the molecule is Nc1cc(Cl)cnc1Nc1ccc(I)c(Br)c1. The zero-order chi connectivity index (χ0) is 12.4. The number of hydrogen-bond acceptors (Lipinski definition) is 3. The van der Waals surface area contributed by atoms with Crippen LogP contribution < -0.4 is 11.1 Å². The summed E-state index contributed by atoms with van der Waals surface area (Å²) in [6, 6.07) is 7.59. The van der Waals surface area contributed by atoms with E-state index in [-0.39, 0.29) is 0 Å². The Morgan fingerprint density at radius 2 is 2.12 bits per heavy atom. The van der Waals surface area contributed by atoms with Crippen molar-refractivity contribution in [1.29, 1.82) is 0 Å². The van der Waals surface area contributed by atoms with Crippen LogP contribution >= 0.6 is 50.1 Å². The Labute approximate surface area is 126 Å². The van der Waals surface area contributed by atoms with Crippen molar-refractivity contribution < 1.29 is 0 Å². The largest absolute Gasteiger partial charge is 0.396 e. The van der Waals surface area contributed by atoms with Crippen LogP contribution in [-0.2, 0) is 0 Å². The molecule has 0 saturated carbocycles. The summed E-state index contributed by atoms with van der Waals surface area (Å²) in [6.07, 6.45) is 1.56. The number of rotatable bonds is 2. The highest BCUT2D eigenvalue weighted by Crippen LogP contribution is 2.27. The number of benzene rings is 1. The molecule has 0 aliphatic heterocycles. The smallest absolute Gasteiger partial charge is 0.153 e. The van der Waals surface area contributed by atoms with Crippen LogP contribution in [0.1, 0.15) is 0 Å². The predicted molar refractivity (Wildman–Crippen MR) is 83.8 cm³/mol. The van der Waals surface area contributed by atoms with E-state index in [4.69, 9.17) is 17.3 Å². The van der Waals surface area contributed by atoms with Crippen molar-refractivity contribution in [3.05, 3.63) is 43.5 Å². The van der Waals surface area contributed by atoms with Gasteiger partial charge in [-0.2, -0.15) is 0 Å². The van der Waals surface area contributed by atoms with E-state index in [1.807, 2.05) is 18.2 Å². The Morgan fingerprint density at radius 3 is 2.76 bits per heavy atom. The number of nitrogens with two attached hydrogens (primary N) is 1. The molecule has 17 heavy (non-hydrogen) atoms. The summed E-state index contributed by atoms with van der Waals surface area (Å²) in [4.78, 5) is 4.14. The number of aromatic nitrogens is 1. The second-order valence-electron chi connectivity index (χ2n) is 3.35. The van der Waals surface area contributed by atoms with E-state index < -0.39 is 0 Å². The molecular weight excluding hydrogens is 416 g/mol. The van der Waals surface area contributed by atoms with Crippen LogP contribution in [0.3, 0.4) is 0 Å². The maximum Gasteiger partial charge on any atom is 0.153 e. The number of halogens is 3. The number of nitrogen functional groups attached to an aromatic ring is 1. The van der Waals surface area contributed by atoms with Gasteiger partial charge < -0.3 is 11.1 Å². The van der Waals surface area contributed by atoms with E-state index in [9.17, 15) is 0 Å². The molecule has 0 atom stereocenters. The summed E-state index contributed by atoms with van der Waals surface area (Å²) in [6.45, 7) is 0. The molecule has 0 spiro atoms. The first-order valence-electron chi connectivity index (χ1n) is 4.69. The van der Waals surface area contributed by atoms with E-state index >= 15 is 0 Å². The minimum absolute atomic E-state index is 0.521. The van der Waals surface area contributed by atoms with E-state index in [0.717, 1.165) is 13.7 Å². The molecule has 1 aromatic heterocycles. The van der Waals surface area contributed by atoms with Gasteiger partial charge in [0.25, 0.3) is 0 Å². The summed E-state index contributed by atoms with van der Waals surface area (Å²) in [5, 5.41) is 3.66. The highest BCUT2D eigenvalue weighted by Gasteiger charge is 2.04. The van der Waals surface area contributed by atoms with Crippen LogP contribution in [0.4, 0.5) is 17.2 Å². The van der Waals surface area contributed by atoms with Crippen LogP contribution in [-0.4, -0.2) is 4.98 Å². The van der Waals surface area contributed by atoms with Crippen molar-refractivity contribution in [3.8, 4) is 0 Å². The van der Waals surface area contributed by atoms with Gasteiger partial charge in [-0.1, -0.05) is 11.6 Å². The van der Waals surface area contributed by atoms with E-state index in [1.54, 1.807) is 12.3 Å². The van der Waals surface area contributed by atoms with Crippen LogP contribution in [0.25, 0.3) is 0 Å². The number of pyridine rings is 1. The van der Waals surface area contributed by atoms with Crippen LogP contribution in [0, 0.1) is 3.57 Å². The maximum absolute atomic E-state index is 5.81. The van der Waals surface area contributed by atoms with Crippen molar-refractivity contribution in [3.63, 3.8) is 0 Å². The third-order valence-electron chi connectivity index (χ3n) is 2.07. The highest BCUT2D eigenvalue weighted by molar-refractivity contribution is 14.1. The fourth-order valence-corrected chi connectivity index (χ4v) is 2.15. The zero-order valence-corrected chi connectivity index (χ0v) is 13.0. The number of hydrogen-bond donors (Lipinski definition) is 2. The Kier molecular flexibility index (Phi) is 4.11. The average Bonchev–Trinajstić information content (AvgIpc) is 2.27. The summed E-state index contributed by atoms with van der Waals surface area (Å²) in [5.41, 5.74) is 7.25. The first kappa shape index (κ1) is 12.9. The first-order chi connectivity index (χ1) is 8.06. The van der Waals surface area contributed by atoms with Gasteiger partial charge in [0.05, 0.1) is 10.7 Å².